The number of fused-ring (bicyclic) bond motifs is 1. The van der Waals surface area contributed by atoms with Crippen LogP contribution in [0, 0.1) is 17.1 Å². The van der Waals surface area contributed by atoms with E-state index in [1.807, 2.05) is 54.7 Å². The summed E-state index contributed by atoms with van der Waals surface area (Å²) in [4.78, 5) is 4.40. The molecule has 3 aromatic carbocycles. The second kappa shape index (κ2) is 9.91. The maximum Gasteiger partial charge on any atom is 0.141 e. The Bertz CT molecular complexity index is 1520. The van der Waals surface area contributed by atoms with Crippen molar-refractivity contribution in [2.24, 2.45) is 0 Å². The van der Waals surface area contributed by atoms with E-state index in [9.17, 15) is 9.65 Å². The first-order valence-corrected chi connectivity index (χ1v) is 11.7. The van der Waals surface area contributed by atoms with Crippen LogP contribution in [0.15, 0.2) is 78.8 Å². The van der Waals surface area contributed by atoms with Gasteiger partial charge in [-0.15, -0.1) is 5.53 Å². The van der Waals surface area contributed by atoms with Crippen LogP contribution >= 0.6 is 23.2 Å². The molecule has 0 spiro atoms. The molecule has 36 heavy (non-hydrogen) atoms. The lowest BCUT2D eigenvalue weighted by molar-refractivity contribution is 0.326. The molecule has 1 aromatic heterocycles. The summed E-state index contributed by atoms with van der Waals surface area (Å²) in [6.07, 6.45) is 3.41. The third-order valence-corrected chi connectivity index (χ3v) is 6.28. The van der Waals surface area contributed by atoms with Crippen LogP contribution in [0.5, 0.6) is 0 Å². The molecule has 4 N–H and O–H groups in total. The SMILES string of the molecule is CN1C=C(C(Nc2cc(Cl)c3ncc(C#N)c(Nc4ccc(F)c(Cl)c4)c3c2)c2ccccc2)NN1. The van der Waals surface area contributed by atoms with E-state index in [0.717, 1.165) is 16.9 Å². The predicted molar refractivity (Wildman–Crippen MR) is 141 cm³/mol. The van der Waals surface area contributed by atoms with Crippen molar-refractivity contribution in [3.63, 3.8) is 0 Å². The van der Waals surface area contributed by atoms with Gasteiger partial charge >= 0.3 is 0 Å². The molecule has 0 bridgehead atoms. The minimum Gasteiger partial charge on any atom is -0.373 e. The van der Waals surface area contributed by atoms with Crippen LogP contribution in [0.2, 0.25) is 10.0 Å². The van der Waals surface area contributed by atoms with Crippen molar-refractivity contribution >= 4 is 51.2 Å². The van der Waals surface area contributed by atoms with Crippen molar-refractivity contribution in [2.45, 2.75) is 6.04 Å². The molecule has 4 aromatic rings. The first-order valence-electron chi connectivity index (χ1n) is 10.9. The molecule has 1 unspecified atom stereocenters. The van der Waals surface area contributed by atoms with E-state index in [1.165, 1.54) is 18.3 Å². The molecule has 2 heterocycles. The van der Waals surface area contributed by atoms with Crippen LogP contribution in [-0.2, 0) is 0 Å². The van der Waals surface area contributed by atoms with Gasteiger partial charge in [0, 0.05) is 36.2 Å². The second-order valence-corrected chi connectivity index (χ2v) is 9.00. The van der Waals surface area contributed by atoms with Crippen molar-refractivity contribution < 1.29 is 4.39 Å². The number of hydrogen-bond acceptors (Lipinski definition) is 7. The van der Waals surface area contributed by atoms with Crippen molar-refractivity contribution in [3.05, 3.63) is 106 Å². The van der Waals surface area contributed by atoms with Gasteiger partial charge in [-0.05, 0) is 35.9 Å². The average molecular weight is 520 g/mol. The fourth-order valence-electron chi connectivity index (χ4n) is 4.01. The highest BCUT2D eigenvalue weighted by Gasteiger charge is 2.22. The Hall–Kier alpha value is -4.03. The van der Waals surface area contributed by atoms with Gasteiger partial charge in [-0.25, -0.2) is 4.39 Å². The van der Waals surface area contributed by atoms with E-state index < -0.39 is 5.82 Å². The molecule has 180 valence electrons. The fraction of sp³-hybridized carbons (Fsp3) is 0.0769. The van der Waals surface area contributed by atoms with E-state index in [1.54, 1.807) is 12.1 Å². The molecular formula is C26H20Cl2FN7. The molecule has 10 heteroatoms. The normalized spacial score (nSPS) is 13.6. The average Bonchev–Trinajstić information content (AvgIpc) is 3.31. The van der Waals surface area contributed by atoms with Gasteiger partial charge in [-0.2, -0.15) is 5.26 Å². The largest absolute Gasteiger partial charge is 0.373 e. The van der Waals surface area contributed by atoms with Crippen LogP contribution < -0.4 is 21.6 Å². The number of hydrogen-bond donors (Lipinski definition) is 4. The number of halogens is 3. The number of nitrogens with zero attached hydrogens (tertiary/aromatic N) is 3. The summed E-state index contributed by atoms with van der Waals surface area (Å²) in [5, 5.41) is 19.3. The van der Waals surface area contributed by atoms with Crippen LogP contribution in [0.4, 0.5) is 21.5 Å². The lowest BCUT2D eigenvalue weighted by Crippen LogP contribution is -2.35. The third kappa shape index (κ3) is 4.72. The predicted octanol–water partition coefficient (Wildman–Crippen LogP) is 6.25. The Balaban J connectivity index is 1.60. The molecule has 0 amide bonds. The third-order valence-electron chi connectivity index (χ3n) is 5.70. The highest BCUT2D eigenvalue weighted by atomic mass is 35.5. The quantitative estimate of drug-likeness (QED) is 0.239. The van der Waals surface area contributed by atoms with Gasteiger partial charge in [0.15, 0.2) is 0 Å². The number of aromatic nitrogens is 1. The van der Waals surface area contributed by atoms with Gasteiger partial charge in [0.05, 0.1) is 38.6 Å². The molecule has 7 nitrogen and oxygen atoms in total. The minimum atomic E-state index is -0.529. The summed E-state index contributed by atoms with van der Waals surface area (Å²) in [7, 11) is 1.89. The Morgan fingerprint density at radius 3 is 2.53 bits per heavy atom. The molecule has 1 atom stereocenters. The van der Waals surface area contributed by atoms with E-state index in [-0.39, 0.29) is 11.1 Å². The van der Waals surface area contributed by atoms with Crippen LogP contribution in [0.1, 0.15) is 17.2 Å². The molecule has 0 radical (unpaired) electrons. The first-order chi connectivity index (χ1) is 17.4. The Labute approximate surface area is 217 Å². The number of anilines is 3. The molecule has 0 saturated carbocycles. The number of pyridine rings is 1. The Kier molecular flexibility index (Phi) is 6.53. The highest BCUT2D eigenvalue weighted by molar-refractivity contribution is 6.36. The number of nitrogens with one attached hydrogen (secondary N) is 4. The number of rotatable bonds is 6. The smallest absolute Gasteiger partial charge is 0.141 e. The second-order valence-electron chi connectivity index (χ2n) is 8.19. The summed E-state index contributed by atoms with van der Waals surface area (Å²) < 4.78 is 13.7. The van der Waals surface area contributed by atoms with E-state index in [0.29, 0.717) is 32.9 Å². The van der Waals surface area contributed by atoms with Gasteiger partial charge in [0.1, 0.15) is 11.9 Å². The minimum absolute atomic E-state index is 0.0288. The van der Waals surface area contributed by atoms with Gasteiger partial charge in [-0.3, -0.25) is 9.99 Å². The fourth-order valence-corrected chi connectivity index (χ4v) is 4.45. The van der Waals surface area contributed by atoms with Gasteiger partial charge < -0.3 is 16.1 Å². The Morgan fingerprint density at radius 2 is 1.83 bits per heavy atom. The lowest BCUT2D eigenvalue weighted by atomic mass is 10.0. The highest BCUT2D eigenvalue weighted by Crippen LogP contribution is 2.37. The molecule has 1 aliphatic rings. The zero-order chi connectivity index (χ0) is 25.2. The lowest BCUT2D eigenvalue weighted by Gasteiger charge is -2.22. The molecule has 1 aliphatic heterocycles. The van der Waals surface area contributed by atoms with Gasteiger partial charge in [0.2, 0.25) is 0 Å². The number of nitriles is 1. The van der Waals surface area contributed by atoms with Crippen LogP contribution in [-0.4, -0.2) is 17.0 Å². The maximum atomic E-state index is 13.7. The topological polar surface area (TPSA) is 88.0 Å². The van der Waals surface area contributed by atoms with E-state index in [2.05, 4.69) is 32.6 Å². The summed E-state index contributed by atoms with van der Waals surface area (Å²) >= 11 is 12.6. The van der Waals surface area contributed by atoms with Gasteiger partial charge in [-0.1, -0.05) is 53.5 Å². The number of benzene rings is 3. The van der Waals surface area contributed by atoms with Crippen molar-refractivity contribution in [3.8, 4) is 6.07 Å². The summed E-state index contributed by atoms with van der Waals surface area (Å²) in [6.45, 7) is 0. The Morgan fingerprint density at radius 1 is 1.06 bits per heavy atom. The summed E-state index contributed by atoms with van der Waals surface area (Å²) in [5.41, 5.74) is 10.7. The first kappa shape index (κ1) is 23.7. The maximum absolute atomic E-state index is 13.7. The summed E-state index contributed by atoms with van der Waals surface area (Å²) in [5.74, 6) is -0.529. The molecule has 0 fully saturated rings. The summed E-state index contributed by atoms with van der Waals surface area (Å²) in [6, 6.07) is 19.9. The molecule has 0 saturated heterocycles. The molecule has 5 rings (SSSR count). The van der Waals surface area contributed by atoms with Crippen LogP contribution in [0.25, 0.3) is 10.9 Å². The monoisotopic (exact) mass is 519 g/mol. The zero-order valence-electron chi connectivity index (χ0n) is 19.0. The van der Waals surface area contributed by atoms with Crippen molar-refractivity contribution in [1.82, 2.24) is 21.0 Å². The van der Waals surface area contributed by atoms with Gasteiger partial charge in [0.25, 0.3) is 0 Å². The van der Waals surface area contributed by atoms with Crippen LogP contribution in [0.3, 0.4) is 0 Å². The van der Waals surface area contributed by atoms with Crippen molar-refractivity contribution in [2.75, 3.05) is 17.7 Å². The standard InChI is InChI=1S/C26H20Cl2FN7/c1-36-14-23(34-35-36)25(15-5-3-2-4-6-15)33-18-9-19-24(32-17-7-8-22(29)20(27)10-17)16(12-30)13-31-26(19)21(28)11-18/h2-11,13-14,25,33-35H,1H3,(H,31,32). The molecular weight excluding hydrogens is 500 g/mol. The molecule has 0 aliphatic carbocycles. The van der Waals surface area contributed by atoms with Crippen molar-refractivity contribution in [1.29, 1.82) is 5.26 Å². The number of hydrazine groups is 2. The zero-order valence-corrected chi connectivity index (χ0v) is 20.5. The van der Waals surface area contributed by atoms with E-state index in [4.69, 9.17) is 23.2 Å². The van der Waals surface area contributed by atoms with E-state index >= 15 is 0 Å².